The predicted molar refractivity (Wildman–Crippen MR) is 103 cm³/mol. The molecule has 0 radical (unpaired) electrons. The van der Waals surface area contributed by atoms with Crippen molar-refractivity contribution in [3.8, 4) is 18.2 Å². The zero-order chi connectivity index (χ0) is 20.7. The normalized spacial score (nSPS) is 31.7. The molecule has 2 aliphatic rings. The van der Waals surface area contributed by atoms with Gasteiger partial charge in [-0.05, 0) is 11.1 Å². The highest BCUT2D eigenvalue weighted by molar-refractivity contribution is 5.90. The number of nitrogens with zero attached hydrogens (tertiary/aromatic N) is 3. The van der Waals surface area contributed by atoms with Crippen molar-refractivity contribution in [2.75, 3.05) is 0 Å². The molecule has 4 rings (SSSR count). The van der Waals surface area contributed by atoms with E-state index in [1.807, 2.05) is 48.5 Å². The third-order valence-corrected chi connectivity index (χ3v) is 6.03. The van der Waals surface area contributed by atoms with Crippen LogP contribution in [0.4, 0.5) is 0 Å². The minimum absolute atomic E-state index is 0.249. The second-order valence-electron chi connectivity index (χ2n) is 7.54. The Morgan fingerprint density at radius 1 is 0.931 bits per heavy atom. The molecule has 0 saturated carbocycles. The largest absolute Gasteiger partial charge is 0.447 e. The van der Waals surface area contributed by atoms with Crippen LogP contribution in [0.1, 0.15) is 24.0 Å². The second kappa shape index (κ2) is 6.45. The Labute approximate surface area is 169 Å². The number of hydrogen-bond donors (Lipinski definition) is 1. The molecule has 2 aliphatic heterocycles. The summed E-state index contributed by atoms with van der Waals surface area (Å²) in [5.41, 5.74) is -2.14. The van der Waals surface area contributed by atoms with Gasteiger partial charge in [-0.2, -0.15) is 15.8 Å². The summed E-state index contributed by atoms with van der Waals surface area (Å²) in [4.78, 5) is 0. The van der Waals surface area contributed by atoms with Gasteiger partial charge in [-0.3, -0.25) is 5.41 Å². The van der Waals surface area contributed by atoms with E-state index in [0.29, 0.717) is 5.56 Å². The average Bonchev–Trinajstić information content (AvgIpc) is 2.93. The molecule has 6 heteroatoms. The topological polar surface area (TPSA) is 114 Å². The van der Waals surface area contributed by atoms with Crippen molar-refractivity contribution in [1.82, 2.24) is 0 Å². The minimum atomic E-state index is -1.91. The number of nitriles is 3. The highest BCUT2D eigenvalue weighted by atomic mass is 16.7. The molecule has 2 saturated heterocycles. The Morgan fingerprint density at radius 2 is 1.52 bits per heavy atom. The first-order valence-electron chi connectivity index (χ1n) is 9.26. The number of hydrogen-bond acceptors (Lipinski definition) is 6. The Hall–Kier alpha value is -3.66. The fraction of sp³-hybridized carbons (Fsp3) is 0.304. The van der Waals surface area contributed by atoms with E-state index in [2.05, 4.69) is 18.2 Å². The summed E-state index contributed by atoms with van der Waals surface area (Å²) in [5.74, 6) is -2.53. The quantitative estimate of drug-likeness (QED) is 0.870. The van der Waals surface area contributed by atoms with E-state index in [1.165, 1.54) is 0 Å². The van der Waals surface area contributed by atoms with E-state index < -0.39 is 34.5 Å². The standard InChI is InChI=1S/C23H18N4O2/c1-21-19(17-10-6-3-7-11-17)23(15-26,20(27)29-21)22(13-24,14-25)18(28-21)12-16-8-4-2-5-9-16/h2-11,18-19,27H,12H2,1H3. The molecule has 6 nitrogen and oxygen atoms in total. The second-order valence-corrected chi connectivity index (χ2v) is 7.54. The zero-order valence-electron chi connectivity index (χ0n) is 15.8. The van der Waals surface area contributed by atoms with Crippen molar-refractivity contribution in [3.63, 3.8) is 0 Å². The lowest BCUT2D eigenvalue weighted by atomic mass is 9.52. The van der Waals surface area contributed by atoms with Gasteiger partial charge in [0.05, 0.1) is 24.1 Å². The van der Waals surface area contributed by atoms with Gasteiger partial charge >= 0.3 is 0 Å². The van der Waals surface area contributed by atoms with Gasteiger partial charge in [-0.15, -0.1) is 0 Å². The van der Waals surface area contributed by atoms with E-state index >= 15 is 0 Å². The van der Waals surface area contributed by atoms with Crippen molar-refractivity contribution in [2.24, 2.45) is 10.8 Å². The number of rotatable bonds is 3. The van der Waals surface area contributed by atoms with Gasteiger partial charge in [0.15, 0.2) is 10.8 Å². The Bertz CT molecular complexity index is 1070. The van der Waals surface area contributed by atoms with Gasteiger partial charge in [-0.25, -0.2) is 0 Å². The first-order valence-corrected chi connectivity index (χ1v) is 9.26. The van der Waals surface area contributed by atoms with Crippen molar-refractivity contribution in [1.29, 1.82) is 21.2 Å². The monoisotopic (exact) mass is 382 g/mol. The molecule has 0 aromatic heterocycles. The van der Waals surface area contributed by atoms with Crippen molar-refractivity contribution in [3.05, 3.63) is 71.8 Å². The third-order valence-electron chi connectivity index (χ3n) is 6.03. The summed E-state index contributed by atoms with van der Waals surface area (Å²) in [6, 6.07) is 24.7. The highest BCUT2D eigenvalue weighted by Gasteiger charge is 2.79. The maximum absolute atomic E-state index is 10.3. The molecule has 2 bridgehead atoms. The molecule has 2 aromatic carbocycles. The van der Waals surface area contributed by atoms with Crippen LogP contribution in [0.25, 0.3) is 0 Å². The summed E-state index contributed by atoms with van der Waals surface area (Å²) >= 11 is 0. The van der Waals surface area contributed by atoms with E-state index in [4.69, 9.17) is 14.9 Å². The molecular weight excluding hydrogens is 364 g/mol. The lowest BCUT2D eigenvalue weighted by Crippen LogP contribution is -2.61. The van der Waals surface area contributed by atoms with Crippen LogP contribution in [-0.2, 0) is 15.9 Å². The van der Waals surface area contributed by atoms with Crippen LogP contribution in [0, 0.1) is 50.2 Å². The average molecular weight is 382 g/mol. The van der Waals surface area contributed by atoms with Crippen molar-refractivity contribution >= 4 is 5.90 Å². The number of fused-ring (bicyclic) bond motifs is 2. The Balaban J connectivity index is 1.95. The lowest BCUT2D eigenvalue weighted by molar-refractivity contribution is -0.249. The van der Waals surface area contributed by atoms with Crippen LogP contribution in [0.2, 0.25) is 0 Å². The molecule has 4 unspecified atom stereocenters. The fourth-order valence-corrected chi connectivity index (χ4v) is 4.76. The van der Waals surface area contributed by atoms with Crippen LogP contribution < -0.4 is 0 Å². The van der Waals surface area contributed by atoms with Gasteiger partial charge in [0.2, 0.25) is 11.7 Å². The van der Waals surface area contributed by atoms with Crippen LogP contribution >= 0.6 is 0 Å². The lowest BCUT2D eigenvalue weighted by Gasteiger charge is -2.48. The summed E-state index contributed by atoms with van der Waals surface area (Å²) < 4.78 is 12.1. The number of nitrogens with one attached hydrogen (secondary N) is 1. The molecule has 1 N–H and O–H groups in total. The molecule has 2 heterocycles. The number of benzene rings is 2. The van der Waals surface area contributed by atoms with E-state index in [0.717, 1.165) is 5.56 Å². The summed E-state index contributed by atoms with van der Waals surface area (Å²) in [6.07, 6.45) is -0.688. The van der Waals surface area contributed by atoms with Crippen LogP contribution in [0.3, 0.4) is 0 Å². The first kappa shape index (κ1) is 18.7. The summed E-state index contributed by atoms with van der Waals surface area (Å²) in [7, 11) is 0. The van der Waals surface area contributed by atoms with E-state index in [-0.39, 0.29) is 6.42 Å². The van der Waals surface area contributed by atoms with Crippen molar-refractivity contribution in [2.45, 2.75) is 31.2 Å². The molecule has 4 atom stereocenters. The number of ether oxygens (including phenoxy) is 2. The zero-order valence-corrected chi connectivity index (χ0v) is 15.8. The molecule has 142 valence electrons. The van der Waals surface area contributed by atoms with E-state index in [1.54, 1.807) is 19.1 Å². The van der Waals surface area contributed by atoms with Crippen LogP contribution in [0.5, 0.6) is 0 Å². The van der Waals surface area contributed by atoms with Crippen molar-refractivity contribution < 1.29 is 9.47 Å². The predicted octanol–water partition coefficient (Wildman–Crippen LogP) is 3.68. The SMILES string of the molecule is CC12OC(=N)C(C#N)(C1c1ccccc1)C(C#N)(C#N)C(Cc1ccccc1)O2. The maximum Gasteiger partial charge on any atom is 0.218 e. The molecule has 2 fully saturated rings. The molecule has 2 aromatic rings. The molecule has 29 heavy (non-hydrogen) atoms. The Kier molecular flexibility index (Phi) is 4.16. The molecule has 0 aliphatic carbocycles. The molecule has 0 spiro atoms. The Morgan fingerprint density at radius 3 is 2.07 bits per heavy atom. The summed E-state index contributed by atoms with van der Waals surface area (Å²) in [6.45, 7) is 1.68. The first-order chi connectivity index (χ1) is 14.0. The molecule has 0 amide bonds. The highest BCUT2D eigenvalue weighted by Crippen LogP contribution is 2.66. The molecular formula is C23H18N4O2. The van der Waals surface area contributed by atoms with Gasteiger partial charge in [0, 0.05) is 13.3 Å². The fourth-order valence-electron chi connectivity index (χ4n) is 4.76. The maximum atomic E-state index is 10.3. The van der Waals surface area contributed by atoms with Gasteiger partial charge < -0.3 is 9.47 Å². The van der Waals surface area contributed by atoms with Gasteiger partial charge in [0.25, 0.3) is 0 Å². The van der Waals surface area contributed by atoms with E-state index in [9.17, 15) is 15.8 Å². The van der Waals surface area contributed by atoms with Crippen LogP contribution in [-0.4, -0.2) is 17.8 Å². The third kappa shape index (κ3) is 2.32. The summed E-state index contributed by atoms with van der Waals surface area (Å²) in [5, 5.41) is 39.3. The van der Waals surface area contributed by atoms with Gasteiger partial charge in [-0.1, -0.05) is 60.7 Å². The minimum Gasteiger partial charge on any atom is -0.447 e. The van der Waals surface area contributed by atoms with Crippen LogP contribution in [0.15, 0.2) is 60.7 Å². The smallest absolute Gasteiger partial charge is 0.218 e. The van der Waals surface area contributed by atoms with Gasteiger partial charge in [0.1, 0.15) is 6.10 Å².